The molecule has 1 N–H and O–H groups in total. The molecule has 1 fully saturated rings. The normalized spacial score (nSPS) is 18.0. The zero-order valence-electron chi connectivity index (χ0n) is 13.9. The Bertz CT molecular complexity index is 488. The zero-order valence-corrected chi connectivity index (χ0v) is 17.8. The molecule has 0 bridgehead atoms. The Kier molecular flexibility index (Phi) is 8.48. The minimum absolute atomic E-state index is 0. The Morgan fingerprint density at radius 1 is 1.50 bits per heavy atom. The standard InChI is InChI=1S/C15H26N4S2.HI/c1-5-16-14(19-8-9-21-15(3,4)11-19)17-7-6-13-10-20-12(2)18-13;/h10H,5-9,11H2,1-4H3,(H,16,17);1H. The molecule has 1 saturated heterocycles. The van der Waals surface area contributed by atoms with Gasteiger partial charge in [0, 0.05) is 48.5 Å². The van der Waals surface area contributed by atoms with Crippen molar-refractivity contribution in [1.29, 1.82) is 0 Å². The Labute approximate surface area is 159 Å². The predicted molar refractivity (Wildman–Crippen MR) is 110 cm³/mol. The first-order valence-electron chi connectivity index (χ1n) is 7.58. The van der Waals surface area contributed by atoms with Crippen LogP contribution in [0.2, 0.25) is 0 Å². The van der Waals surface area contributed by atoms with Crippen LogP contribution in [0.4, 0.5) is 0 Å². The molecule has 1 aromatic heterocycles. The average molecular weight is 454 g/mol. The number of aromatic nitrogens is 1. The Morgan fingerprint density at radius 3 is 2.86 bits per heavy atom. The number of guanidine groups is 1. The van der Waals surface area contributed by atoms with Crippen LogP contribution in [-0.2, 0) is 6.42 Å². The van der Waals surface area contributed by atoms with Crippen LogP contribution in [-0.4, -0.2) is 52.5 Å². The van der Waals surface area contributed by atoms with Crippen molar-refractivity contribution in [2.75, 3.05) is 31.9 Å². The second kappa shape index (κ2) is 9.32. The number of thiazole rings is 1. The maximum atomic E-state index is 4.79. The molecule has 0 amide bonds. The number of hydrogen-bond acceptors (Lipinski definition) is 4. The van der Waals surface area contributed by atoms with Crippen molar-refractivity contribution in [3.05, 3.63) is 16.1 Å². The largest absolute Gasteiger partial charge is 0.357 e. The minimum Gasteiger partial charge on any atom is -0.357 e. The van der Waals surface area contributed by atoms with E-state index >= 15 is 0 Å². The first kappa shape index (κ1) is 20.0. The van der Waals surface area contributed by atoms with Crippen molar-refractivity contribution in [2.45, 2.75) is 38.9 Å². The topological polar surface area (TPSA) is 40.5 Å². The number of aliphatic imine (C=N–C) groups is 1. The molecule has 0 unspecified atom stereocenters. The monoisotopic (exact) mass is 454 g/mol. The lowest BCUT2D eigenvalue weighted by molar-refractivity contribution is 0.376. The zero-order chi connectivity index (χ0) is 15.3. The van der Waals surface area contributed by atoms with Gasteiger partial charge in [-0.25, -0.2) is 4.98 Å². The summed E-state index contributed by atoms with van der Waals surface area (Å²) in [7, 11) is 0. The number of halogens is 1. The van der Waals surface area contributed by atoms with E-state index in [9.17, 15) is 0 Å². The number of hydrogen-bond donors (Lipinski definition) is 1. The Balaban J connectivity index is 0.00000242. The molecule has 2 rings (SSSR count). The van der Waals surface area contributed by atoms with E-state index in [4.69, 9.17) is 4.99 Å². The van der Waals surface area contributed by atoms with E-state index < -0.39 is 0 Å². The quantitative estimate of drug-likeness (QED) is 0.430. The summed E-state index contributed by atoms with van der Waals surface area (Å²) >= 11 is 3.76. The van der Waals surface area contributed by atoms with Gasteiger partial charge in [-0.2, -0.15) is 11.8 Å². The summed E-state index contributed by atoms with van der Waals surface area (Å²) in [6.07, 6.45) is 0.922. The Hall–Kier alpha value is -0.0200. The van der Waals surface area contributed by atoms with E-state index in [-0.39, 0.29) is 24.0 Å². The van der Waals surface area contributed by atoms with Crippen LogP contribution in [0.5, 0.6) is 0 Å². The number of nitrogens with zero attached hydrogens (tertiary/aromatic N) is 3. The van der Waals surface area contributed by atoms with Crippen molar-refractivity contribution in [3.63, 3.8) is 0 Å². The van der Waals surface area contributed by atoms with Crippen LogP contribution in [0.3, 0.4) is 0 Å². The maximum absolute atomic E-state index is 4.79. The fourth-order valence-corrected chi connectivity index (χ4v) is 4.18. The fraction of sp³-hybridized carbons (Fsp3) is 0.733. The molecule has 0 aromatic carbocycles. The molecule has 7 heteroatoms. The molecule has 0 aliphatic carbocycles. The van der Waals surface area contributed by atoms with Crippen LogP contribution < -0.4 is 5.32 Å². The number of thioether (sulfide) groups is 1. The molecule has 1 aliphatic heterocycles. The summed E-state index contributed by atoms with van der Waals surface area (Å²) in [5.74, 6) is 2.22. The SMILES string of the molecule is CCNC(=NCCc1csc(C)n1)N1CCSC(C)(C)C1.I. The number of rotatable bonds is 4. The van der Waals surface area contributed by atoms with Crippen molar-refractivity contribution in [1.82, 2.24) is 15.2 Å². The van der Waals surface area contributed by atoms with Crippen molar-refractivity contribution in [3.8, 4) is 0 Å². The lowest BCUT2D eigenvalue weighted by Crippen LogP contribution is -2.51. The molecule has 4 nitrogen and oxygen atoms in total. The van der Waals surface area contributed by atoms with Crippen molar-refractivity contribution >= 4 is 53.0 Å². The number of nitrogens with one attached hydrogen (secondary N) is 1. The highest BCUT2D eigenvalue weighted by Gasteiger charge is 2.28. The van der Waals surface area contributed by atoms with Gasteiger partial charge < -0.3 is 10.2 Å². The first-order valence-corrected chi connectivity index (χ1v) is 9.45. The fourth-order valence-electron chi connectivity index (χ4n) is 2.42. The van der Waals surface area contributed by atoms with E-state index in [1.54, 1.807) is 11.3 Å². The van der Waals surface area contributed by atoms with E-state index in [1.807, 2.05) is 0 Å². The van der Waals surface area contributed by atoms with Gasteiger partial charge in [0.05, 0.1) is 10.7 Å². The van der Waals surface area contributed by atoms with Crippen LogP contribution in [0, 0.1) is 6.92 Å². The maximum Gasteiger partial charge on any atom is 0.193 e. The lowest BCUT2D eigenvalue weighted by Gasteiger charge is -2.39. The summed E-state index contributed by atoms with van der Waals surface area (Å²) in [6.45, 7) is 12.7. The highest BCUT2D eigenvalue weighted by molar-refractivity contribution is 14.0. The van der Waals surface area contributed by atoms with Crippen LogP contribution in [0.1, 0.15) is 31.5 Å². The molecule has 1 aromatic rings. The van der Waals surface area contributed by atoms with Gasteiger partial charge in [-0.05, 0) is 27.7 Å². The highest BCUT2D eigenvalue weighted by atomic mass is 127. The smallest absolute Gasteiger partial charge is 0.193 e. The van der Waals surface area contributed by atoms with Crippen molar-refractivity contribution in [2.24, 2.45) is 4.99 Å². The second-order valence-corrected chi connectivity index (χ2v) is 8.74. The van der Waals surface area contributed by atoms with Gasteiger partial charge in [0.15, 0.2) is 5.96 Å². The van der Waals surface area contributed by atoms with Crippen molar-refractivity contribution < 1.29 is 0 Å². The summed E-state index contributed by atoms with van der Waals surface area (Å²) in [6, 6.07) is 0. The van der Waals surface area contributed by atoms with Crippen LogP contribution >= 0.6 is 47.1 Å². The summed E-state index contributed by atoms with van der Waals surface area (Å²) in [5, 5.41) is 6.70. The highest BCUT2D eigenvalue weighted by Crippen LogP contribution is 2.29. The van der Waals surface area contributed by atoms with Gasteiger partial charge >= 0.3 is 0 Å². The molecule has 1 aliphatic rings. The predicted octanol–water partition coefficient (Wildman–Crippen LogP) is 3.40. The summed E-state index contributed by atoms with van der Waals surface area (Å²) < 4.78 is 0.306. The van der Waals surface area contributed by atoms with E-state index in [0.717, 1.165) is 49.3 Å². The van der Waals surface area contributed by atoms with Gasteiger partial charge in [-0.15, -0.1) is 35.3 Å². The van der Waals surface area contributed by atoms with E-state index in [2.05, 4.69) is 60.0 Å². The molecule has 0 atom stereocenters. The van der Waals surface area contributed by atoms with Crippen LogP contribution in [0.15, 0.2) is 10.4 Å². The second-order valence-electron chi connectivity index (χ2n) is 5.87. The molecule has 126 valence electrons. The third-order valence-corrected chi connectivity index (χ3v) is 5.48. The molecule has 2 heterocycles. The van der Waals surface area contributed by atoms with Gasteiger partial charge in [0.2, 0.25) is 0 Å². The summed E-state index contributed by atoms with van der Waals surface area (Å²) in [4.78, 5) is 11.7. The number of aryl methyl sites for hydroxylation is 1. The van der Waals surface area contributed by atoms with E-state index in [1.165, 1.54) is 5.75 Å². The van der Waals surface area contributed by atoms with Gasteiger partial charge in [0.25, 0.3) is 0 Å². The van der Waals surface area contributed by atoms with Gasteiger partial charge in [-0.3, -0.25) is 4.99 Å². The molecular formula is C15H27IN4S2. The van der Waals surface area contributed by atoms with Gasteiger partial charge in [-0.1, -0.05) is 0 Å². The minimum atomic E-state index is 0. The van der Waals surface area contributed by atoms with Crippen LogP contribution in [0.25, 0.3) is 0 Å². The average Bonchev–Trinajstić information content (AvgIpc) is 2.82. The third-order valence-electron chi connectivity index (χ3n) is 3.36. The molecule has 0 spiro atoms. The van der Waals surface area contributed by atoms with Gasteiger partial charge in [0.1, 0.15) is 0 Å². The first-order chi connectivity index (χ1) is 10.00. The molecule has 0 saturated carbocycles. The molecule has 0 radical (unpaired) electrons. The summed E-state index contributed by atoms with van der Waals surface area (Å²) in [5.41, 5.74) is 1.16. The lowest BCUT2D eigenvalue weighted by atomic mass is 10.2. The van der Waals surface area contributed by atoms with E-state index in [0.29, 0.717) is 4.75 Å². The Morgan fingerprint density at radius 2 is 2.27 bits per heavy atom. The molecular weight excluding hydrogens is 427 g/mol. The molecule has 22 heavy (non-hydrogen) atoms. The third kappa shape index (κ3) is 6.23.